The van der Waals surface area contributed by atoms with Gasteiger partial charge in [0.1, 0.15) is 5.76 Å². The molecule has 106 valence electrons. The molecule has 0 amide bonds. The van der Waals surface area contributed by atoms with Gasteiger partial charge < -0.3 is 10.2 Å². The van der Waals surface area contributed by atoms with Crippen LogP contribution in [0.2, 0.25) is 0 Å². The number of piperidine rings is 1. The van der Waals surface area contributed by atoms with Crippen molar-refractivity contribution in [1.29, 1.82) is 0 Å². The summed E-state index contributed by atoms with van der Waals surface area (Å²) in [4.78, 5) is 5.14. The molecule has 0 aliphatic carbocycles. The molecule has 2 unspecified atom stereocenters. The topological polar surface area (TPSA) is 45.6 Å². The Morgan fingerprint density at radius 1 is 1.32 bits per heavy atom. The van der Waals surface area contributed by atoms with Crippen molar-refractivity contribution >= 4 is 15.9 Å². The summed E-state index contributed by atoms with van der Waals surface area (Å²) in [6.45, 7) is 5.28. The zero-order valence-corrected chi connectivity index (χ0v) is 12.8. The van der Waals surface area contributed by atoms with E-state index in [4.69, 9.17) is 10.2 Å². The Kier molecular flexibility index (Phi) is 4.27. The van der Waals surface area contributed by atoms with Gasteiger partial charge in [-0.15, -0.1) is 0 Å². The standard InChI is InChI=1S/C14H22BrN3O/c15-14-5-4-13(19-14)12(9-16)18-8-7-17-6-2-1-3-11(17)10-18/h4-5,11-12H,1-3,6-10,16H2. The molecule has 3 rings (SSSR count). The first-order chi connectivity index (χ1) is 9.28. The van der Waals surface area contributed by atoms with E-state index >= 15 is 0 Å². The molecule has 3 heterocycles. The fourth-order valence-corrected chi connectivity index (χ4v) is 3.73. The van der Waals surface area contributed by atoms with Crippen LogP contribution in [0.15, 0.2) is 21.2 Å². The molecule has 2 atom stereocenters. The highest BCUT2D eigenvalue weighted by molar-refractivity contribution is 9.10. The summed E-state index contributed by atoms with van der Waals surface area (Å²) in [6, 6.07) is 4.93. The molecule has 1 aromatic heterocycles. The first kappa shape index (κ1) is 13.6. The second-order valence-electron chi connectivity index (χ2n) is 5.57. The van der Waals surface area contributed by atoms with Crippen LogP contribution in [-0.4, -0.2) is 48.6 Å². The molecule has 1 aromatic rings. The van der Waals surface area contributed by atoms with Crippen LogP contribution in [0.5, 0.6) is 0 Å². The largest absolute Gasteiger partial charge is 0.453 e. The Hall–Kier alpha value is -0.360. The van der Waals surface area contributed by atoms with Crippen LogP contribution in [0, 0.1) is 0 Å². The predicted molar refractivity (Wildman–Crippen MR) is 79.0 cm³/mol. The van der Waals surface area contributed by atoms with Gasteiger partial charge in [0.05, 0.1) is 6.04 Å². The first-order valence-corrected chi connectivity index (χ1v) is 8.00. The lowest BCUT2D eigenvalue weighted by Crippen LogP contribution is -2.56. The number of hydrogen-bond acceptors (Lipinski definition) is 4. The number of hydrogen-bond donors (Lipinski definition) is 1. The summed E-state index contributed by atoms with van der Waals surface area (Å²) >= 11 is 3.37. The molecule has 2 aliphatic rings. The molecule has 0 aromatic carbocycles. The lowest BCUT2D eigenvalue weighted by molar-refractivity contribution is 0.0238. The minimum atomic E-state index is 0.218. The minimum Gasteiger partial charge on any atom is -0.453 e. The molecule has 5 heteroatoms. The maximum Gasteiger partial charge on any atom is 0.169 e. The molecule has 0 bridgehead atoms. The lowest BCUT2D eigenvalue weighted by atomic mass is 9.98. The van der Waals surface area contributed by atoms with Crippen molar-refractivity contribution < 1.29 is 4.42 Å². The van der Waals surface area contributed by atoms with Crippen LogP contribution >= 0.6 is 15.9 Å². The Morgan fingerprint density at radius 3 is 2.95 bits per heavy atom. The minimum absolute atomic E-state index is 0.218. The number of piperazine rings is 1. The number of halogens is 1. The number of nitrogens with zero attached hydrogens (tertiary/aromatic N) is 2. The van der Waals surface area contributed by atoms with Crippen molar-refractivity contribution in [3.63, 3.8) is 0 Å². The number of fused-ring (bicyclic) bond motifs is 1. The van der Waals surface area contributed by atoms with Gasteiger partial charge in [0.25, 0.3) is 0 Å². The number of nitrogens with two attached hydrogens (primary N) is 1. The summed E-state index contributed by atoms with van der Waals surface area (Å²) in [5.41, 5.74) is 5.98. The van der Waals surface area contributed by atoms with Crippen LogP contribution in [-0.2, 0) is 0 Å². The Labute approximate surface area is 123 Å². The predicted octanol–water partition coefficient (Wildman–Crippen LogP) is 2.21. The van der Waals surface area contributed by atoms with Crippen molar-refractivity contribution in [2.45, 2.75) is 31.3 Å². The van der Waals surface area contributed by atoms with E-state index in [9.17, 15) is 0 Å². The van der Waals surface area contributed by atoms with E-state index in [1.54, 1.807) is 0 Å². The van der Waals surface area contributed by atoms with E-state index in [2.05, 4.69) is 25.7 Å². The molecule has 4 nitrogen and oxygen atoms in total. The molecule has 2 aliphatic heterocycles. The SMILES string of the molecule is NCC(c1ccc(Br)o1)N1CCN2CCCCC2C1. The monoisotopic (exact) mass is 327 g/mol. The van der Waals surface area contributed by atoms with Gasteiger partial charge >= 0.3 is 0 Å². The zero-order chi connectivity index (χ0) is 13.2. The molecule has 2 saturated heterocycles. The van der Waals surface area contributed by atoms with Crippen molar-refractivity contribution in [3.05, 3.63) is 22.6 Å². The quantitative estimate of drug-likeness (QED) is 0.924. The van der Waals surface area contributed by atoms with Crippen molar-refractivity contribution in [3.8, 4) is 0 Å². The summed E-state index contributed by atoms with van der Waals surface area (Å²) in [5, 5.41) is 0. The van der Waals surface area contributed by atoms with Gasteiger partial charge in [0, 0.05) is 32.2 Å². The summed E-state index contributed by atoms with van der Waals surface area (Å²) in [5.74, 6) is 0.985. The van der Waals surface area contributed by atoms with Gasteiger partial charge in [-0.2, -0.15) is 0 Å². The Bertz CT molecular complexity index is 423. The van der Waals surface area contributed by atoms with Gasteiger partial charge in [-0.3, -0.25) is 9.80 Å². The molecular formula is C14H22BrN3O. The van der Waals surface area contributed by atoms with Gasteiger partial charge in [-0.25, -0.2) is 0 Å². The third-order valence-electron chi connectivity index (χ3n) is 4.46. The molecule has 2 fully saturated rings. The van der Waals surface area contributed by atoms with E-state index in [1.807, 2.05) is 12.1 Å². The molecule has 0 radical (unpaired) electrons. The molecule has 19 heavy (non-hydrogen) atoms. The molecule has 2 N–H and O–H groups in total. The van der Waals surface area contributed by atoms with Crippen molar-refractivity contribution in [2.24, 2.45) is 5.73 Å². The highest BCUT2D eigenvalue weighted by Gasteiger charge is 2.33. The van der Waals surface area contributed by atoms with Gasteiger partial charge in [0.2, 0.25) is 0 Å². The smallest absolute Gasteiger partial charge is 0.169 e. The van der Waals surface area contributed by atoms with E-state index in [-0.39, 0.29) is 6.04 Å². The highest BCUT2D eigenvalue weighted by atomic mass is 79.9. The van der Waals surface area contributed by atoms with E-state index in [1.165, 1.54) is 32.4 Å². The van der Waals surface area contributed by atoms with Crippen LogP contribution in [0.25, 0.3) is 0 Å². The third-order valence-corrected chi connectivity index (χ3v) is 4.88. The second-order valence-corrected chi connectivity index (χ2v) is 6.36. The van der Waals surface area contributed by atoms with Gasteiger partial charge in [-0.05, 0) is 47.4 Å². The first-order valence-electron chi connectivity index (χ1n) is 7.21. The van der Waals surface area contributed by atoms with Crippen molar-refractivity contribution in [1.82, 2.24) is 9.80 Å². The maximum absolute atomic E-state index is 5.98. The summed E-state index contributed by atoms with van der Waals surface area (Å²) in [7, 11) is 0. The van der Waals surface area contributed by atoms with E-state index < -0.39 is 0 Å². The van der Waals surface area contributed by atoms with E-state index in [0.29, 0.717) is 6.54 Å². The molecule has 0 spiro atoms. The second kappa shape index (κ2) is 5.95. The van der Waals surface area contributed by atoms with E-state index in [0.717, 1.165) is 29.6 Å². The Morgan fingerprint density at radius 2 is 2.21 bits per heavy atom. The van der Waals surface area contributed by atoms with Gasteiger partial charge in [0.15, 0.2) is 4.67 Å². The third kappa shape index (κ3) is 2.89. The van der Waals surface area contributed by atoms with Crippen LogP contribution in [0.3, 0.4) is 0 Å². The van der Waals surface area contributed by atoms with Crippen LogP contribution < -0.4 is 5.73 Å². The average Bonchev–Trinajstić information content (AvgIpc) is 2.86. The fraction of sp³-hybridized carbons (Fsp3) is 0.714. The molecular weight excluding hydrogens is 306 g/mol. The number of furan rings is 1. The van der Waals surface area contributed by atoms with Crippen molar-refractivity contribution in [2.75, 3.05) is 32.7 Å². The number of rotatable bonds is 3. The van der Waals surface area contributed by atoms with Crippen LogP contribution in [0.4, 0.5) is 0 Å². The van der Waals surface area contributed by atoms with Crippen LogP contribution in [0.1, 0.15) is 31.1 Å². The fourth-order valence-electron chi connectivity index (χ4n) is 3.42. The molecule has 0 saturated carbocycles. The average molecular weight is 328 g/mol. The lowest BCUT2D eigenvalue weighted by Gasteiger charge is -2.46. The highest BCUT2D eigenvalue weighted by Crippen LogP contribution is 2.29. The Balaban J connectivity index is 1.70. The summed E-state index contributed by atoms with van der Waals surface area (Å²) < 4.78 is 6.50. The van der Waals surface area contributed by atoms with Gasteiger partial charge in [-0.1, -0.05) is 6.42 Å². The normalized spacial score (nSPS) is 27.2. The zero-order valence-electron chi connectivity index (χ0n) is 11.2. The summed E-state index contributed by atoms with van der Waals surface area (Å²) in [6.07, 6.45) is 4.06. The maximum atomic E-state index is 5.98.